The summed E-state index contributed by atoms with van der Waals surface area (Å²) < 4.78 is 15.0. The molecule has 0 aliphatic rings. The van der Waals surface area contributed by atoms with Crippen LogP contribution in [0.25, 0.3) is 0 Å². The van der Waals surface area contributed by atoms with Crippen molar-refractivity contribution >= 4 is 23.2 Å². The molecule has 0 aliphatic heterocycles. The Balaban J connectivity index is 1.67. The Hall–Kier alpha value is -3.55. The van der Waals surface area contributed by atoms with Gasteiger partial charge in [-0.3, -0.25) is 9.59 Å². The minimum Gasteiger partial charge on any atom is -0.324 e. The average molecular weight is 395 g/mol. The zero-order valence-corrected chi connectivity index (χ0v) is 16.7. The lowest BCUT2D eigenvalue weighted by molar-refractivity contribution is -0.117. The molecule has 8 heteroatoms. The summed E-state index contributed by atoms with van der Waals surface area (Å²) in [5.74, 6) is -1.22. The van der Waals surface area contributed by atoms with Crippen LogP contribution in [0.5, 0.6) is 0 Å². The molecule has 1 aromatic heterocycles. The van der Waals surface area contributed by atoms with Crippen LogP contribution in [0, 0.1) is 33.5 Å². The topological polar surface area (TPSA) is 88.9 Å². The highest BCUT2D eigenvalue weighted by atomic mass is 19.1. The fraction of sp³-hybridized carbons (Fsp3) is 0.238. The molecule has 0 radical (unpaired) electrons. The van der Waals surface area contributed by atoms with Gasteiger partial charge in [-0.15, -0.1) is 5.10 Å². The van der Waals surface area contributed by atoms with Crippen LogP contribution < -0.4 is 10.6 Å². The van der Waals surface area contributed by atoms with Gasteiger partial charge < -0.3 is 10.6 Å². The number of nitrogens with one attached hydrogen (secondary N) is 2. The molecule has 3 rings (SSSR count). The molecule has 0 spiro atoms. The molecule has 0 fully saturated rings. The van der Waals surface area contributed by atoms with E-state index in [1.54, 1.807) is 26.0 Å². The first-order chi connectivity index (χ1) is 13.7. The van der Waals surface area contributed by atoms with Gasteiger partial charge in [0.25, 0.3) is 5.91 Å². The molecular weight excluding hydrogens is 373 g/mol. The number of carbonyl (C=O) groups is 2. The highest BCUT2D eigenvalue weighted by Crippen LogP contribution is 2.16. The second-order valence-electron chi connectivity index (χ2n) is 6.95. The first-order valence-corrected chi connectivity index (χ1v) is 9.09. The van der Waals surface area contributed by atoms with Gasteiger partial charge in [-0.25, -0.2) is 9.07 Å². The number of anilines is 2. The summed E-state index contributed by atoms with van der Waals surface area (Å²) in [6, 6.07) is 10.1. The Morgan fingerprint density at radius 3 is 2.24 bits per heavy atom. The Bertz CT molecular complexity index is 1090. The van der Waals surface area contributed by atoms with Crippen molar-refractivity contribution in [1.82, 2.24) is 15.0 Å². The number of benzene rings is 2. The summed E-state index contributed by atoms with van der Waals surface area (Å²) in [5, 5.41) is 13.2. The standard InChI is InChI=1S/C21H22FN5O2/c1-12-5-7-16(9-14(12)3)23-19(28)11-27-15(4)20(25-26-27)21(29)24-17-8-6-13(2)18(22)10-17/h5-10H,11H2,1-4H3,(H,23,28)(H,24,29). The van der Waals surface area contributed by atoms with Gasteiger partial charge in [0.15, 0.2) is 5.69 Å². The second kappa shape index (κ2) is 8.22. The molecule has 2 N–H and O–H groups in total. The van der Waals surface area contributed by atoms with Crippen LogP contribution in [-0.4, -0.2) is 26.8 Å². The number of rotatable bonds is 5. The highest BCUT2D eigenvalue weighted by Gasteiger charge is 2.18. The molecule has 2 aromatic carbocycles. The van der Waals surface area contributed by atoms with Crippen molar-refractivity contribution < 1.29 is 14.0 Å². The van der Waals surface area contributed by atoms with E-state index < -0.39 is 11.7 Å². The van der Waals surface area contributed by atoms with Crippen LogP contribution >= 0.6 is 0 Å². The van der Waals surface area contributed by atoms with E-state index in [1.165, 1.54) is 10.7 Å². The first kappa shape index (κ1) is 20.2. The minimum atomic E-state index is -0.522. The average Bonchev–Trinajstić information content (AvgIpc) is 3.02. The predicted molar refractivity (Wildman–Crippen MR) is 108 cm³/mol. The summed E-state index contributed by atoms with van der Waals surface area (Å²) in [6.07, 6.45) is 0. The van der Waals surface area contributed by atoms with Crippen molar-refractivity contribution in [2.75, 3.05) is 10.6 Å². The van der Waals surface area contributed by atoms with Gasteiger partial charge in [0.05, 0.1) is 5.69 Å². The van der Waals surface area contributed by atoms with Crippen molar-refractivity contribution in [3.63, 3.8) is 0 Å². The number of aromatic nitrogens is 3. The summed E-state index contributed by atoms with van der Waals surface area (Å²) in [7, 11) is 0. The van der Waals surface area contributed by atoms with Crippen LogP contribution in [0.1, 0.15) is 32.9 Å². The number of hydrogen-bond donors (Lipinski definition) is 2. The lowest BCUT2D eigenvalue weighted by atomic mass is 10.1. The lowest BCUT2D eigenvalue weighted by Crippen LogP contribution is -2.21. The highest BCUT2D eigenvalue weighted by molar-refractivity contribution is 6.03. The van der Waals surface area contributed by atoms with E-state index in [9.17, 15) is 14.0 Å². The van der Waals surface area contributed by atoms with Crippen molar-refractivity contribution in [2.24, 2.45) is 0 Å². The maximum absolute atomic E-state index is 13.7. The van der Waals surface area contributed by atoms with Crippen molar-refractivity contribution in [3.8, 4) is 0 Å². The van der Waals surface area contributed by atoms with Crippen LogP contribution in [-0.2, 0) is 11.3 Å². The zero-order valence-electron chi connectivity index (χ0n) is 16.7. The zero-order chi connectivity index (χ0) is 21.1. The molecule has 0 bridgehead atoms. The number of nitrogens with zero attached hydrogens (tertiary/aromatic N) is 3. The van der Waals surface area contributed by atoms with Crippen LogP contribution in [0.15, 0.2) is 36.4 Å². The van der Waals surface area contributed by atoms with E-state index in [-0.39, 0.29) is 18.1 Å². The molecule has 29 heavy (non-hydrogen) atoms. The molecular formula is C21H22FN5O2. The molecule has 150 valence electrons. The third-order valence-electron chi connectivity index (χ3n) is 4.71. The van der Waals surface area contributed by atoms with E-state index in [0.29, 0.717) is 22.6 Å². The summed E-state index contributed by atoms with van der Waals surface area (Å²) in [6.45, 7) is 7.17. The molecule has 7 nitrogen and oxygen atoms in total. The third kappa shape index (κ3) is 4.66. The summed E-state index contributed by atoms with van der Waals surface area (Å²) >= 11 is 0. The minimum absolute atomic E-state index is 0.0740. The first-order valence-electron chi connectivity index (χ1n) is 9.09. The van der Waals surface area contributed by atoms with Gasteiger partial charge in [-0.2, -0.15) is 0 Å². The van der Waals surface area contributed by atoms with Gasteiger partial charge in [-0.1, -0.05) is 17.3 Å². The molecule has 0 atom stereocenters. The van der Waals surface area contributed by atoms with Crippen molar-refractivity contribution in [1.29, 1.82) is 0 Å². The Labute approximate surface area is 167 Å². The molecule has 2 amide bonds. The van der Waals surface area contributed by atoms with E-state index in [1.807, 2.05) is 32.0 Å². The molecule has 0 saturated carbocycles. The van der Waals surface area contributed by atoms with E-state index in [2.05, 4.69) is 20.9 Å². The monoisotopic (exact) mass is 395 g/mol. The Morgan fingerprint density at radius 2 is 1.59 bits per heavy atom. The van der Waals surface area contributed by atoms with E-state index >= 15 is 0 Å². The van der Waals surface area contributed by atoms with Gasteiger partial charge in [-0.05, 0) is 68.7 Å². The number of carbonyl (C=O) groups excluding carboxylic acids is 2. The maximum atomic E-state index is 13.7. The number of halogens is 1. The quantitative estimate of drug-likeness (QED) is 0.692. The largest absolute Gasteiger partial charge is 0.324 e. The summed E-state index contributed by atoms with van der Waals surface area (Å²) in [4.78, 5) is 24.8. The smallest absolute Gasteiger partial charge is 0.278 e. The molecule has 0 unspecified atom stereocenters. The molecule has 0 aliphatic carbocycles. The van der Waals surface area contributed by atoms with Crippen LogP contribution in [0.4, 0.5) is 15.8 Å². The molecule has 3 aromatic rings. The molecule has 1 heterocycles. The normalized spacial score (nSPS) is 10.7. The van der Waals surface area contributed by atoms with Gasteiger partial charge >= 0.3 is 0 Å². The van der Waals surface area contributed by atoms with Gasteiger partial charge in [0, 0.05) is 11.4 Å². The van der Waals surface area contributed by atoms with Crippen LogP contribution in [0.3, 0.4) is 0 Å². The molecule has 0 saturated heterocycles. The fourth-order valence-electron chi connectivity index (χ4n) is 2.74. The fourth-order valence-corrected chi connectivity index (χ4v) is 2.74. The third-order valence-corrected chi connectivity index (χ3v) is 4.71. The number of aryl methyl sites for hydroxylation is 3. The lowest BCUT2D eigenvalue weighted by Gasteiger charge is -2.08. The maximum Gasteiger partial charge on any atom is 0.278 e. The Morgan fingerprint density at radius 1 is 0.931 bits per heavy atom. The number of amides is 2. The van der Waals surface area contributed by atoms with E-state index in [0.717, 1.165) is 11.1 Å². The van der Waals surface area contributed by atoms with Crippen molar-refractivity contribution in [2.45, 2.75) is 34.2 Å². The summed E-state index contributed by atoms with van der Waals surface area (Å²) in [5.41, 5.74) is 4.22. The number of hydrogen-bond acceptors (Lipinski definition) is 4. The SMILES string of the molecule is Cc1ccc(NC(=O)Cn2nnc(C(=O)Nc3ccc(C)c(F)c3)c2C)cc1C. The second-order valence-corrected chi connectivity index (χ2v) is 6.95. The predicted octanol–water partition coefficient (Wildman–Crippen LogP) is 3.54. The van der Waals surface area contributed by atoms with E-state index in [4.69, 9.17) is 0 Å². The van der Waals surface area contributed by atoms with Gasteiger partial charge in [0.1, 0.15) is 12.4 Å². The van der Waals surface area contributed by atoms with Crippen molar-refractivity contribution in [3.05, 3.63) is 70.3 Å². The van der Waals surface area contributed by atoms with Crippen LogP contribution in [0.2, 0.25) is 0 Å². The van der Waals surface area contributed by atoms with Gasteiger partial charge in [0.2, 0.25) is 5.91 Å². The Kier molecular flexibility index (Phi) is 5.72.